The van der Waals surface area contributed by atoms with Crippen LogP contribution in [-0.2, 0) is 30.4 Å². The van der Waals surface area contributed by atoms with Crippen molar-refractivity contribution in [2.24, 2.45) is 23.7 Å². The van der Waals surface area contributed by atoms with Crippen LogP contribution in [0.3, 0.4) is 0 Å². The Bertz CT molecular complexity index is 1120. The van der Waals surface area contributed by atoms with E-state index in [-0.39, 0.29) is 35.8 Å². The zero-order valence-electron chi connectivity index (χ0n) is 27.5. The molecule has 5 atom stereocenters. The lowest BCUT2D eigenvalue weighted by atomic mass is 9.98. The highest BCUT2D eigenvalue weighted by atomic mass is 16.3. The van der Waals surface area contributed by atoms with E-state index < -0.39 is 59.7 Å². The smallest absolute Gasteiger partial charge is 0.243 e. The Morgan fingerprint density at radius 1 is 0.477 bits per heavy atom. The number of carbonyl (C=O) groups is 5. The summed E-state index contributed by atoms with van der Waals surface area (Å²) in [7, 11) is 0. The predicted molar refractivity (Wildman–Crippen MR) is 169 cm³/mol. The SMILES string of the molecule is CC(C)C[C@@H]1NC(=O)[C@H](CC(C)C)NC(=O)[C@H](CC(C)C)NC(=O)[C@@H](Cc2ccc(O)cc2)NC(=O)[C@H](CC(C)C)NC1=O. The average molecular weight is 616 g/mol. The molecule has 246 valence electrons. The van der Waals surface area contributed by atoms with E-state index in [1.165, 1.54) is 12.1 Å². The molecule has 1 aromatic carbocycles. The quantitative estimate of drug-likeness (QED) is 0.237. The number of phenolic OH excluding ortho intramolecular Hbond substituents is 1. The maximum absolute atomic E-state index is 13.8. The topological polar surface area (TPSA) is 166 Å². The first kappa shape index (κ1) is 36.6. The van der Waals surface area contributed by atoms with Crippen LogP contribution < -0.4 is 26.6 Å². The van der Waals surface area contributed by atoms with Crippen LogP contribution >= 0.6 is 0 Å². The van der Waals surface area contributed by atoms with Crippen molar-refractivity contribution in [3.05, 3.63) is 29.8 Å². The normalized spacial score (nSPS) is 24.4. The van der Waals surface area contributed by atoms with Crippen LogP contribution in [0.1, 0.15) is 86.6 Å². The minimum absolute atomic E-state index is 0.0308. The van der Waals surface area contributed by atoms with E-state index in [4.69, 9.17) is 0 Å². The Morgan fingerprint density at radius 2 is 0.727 bits per heavy atom. The van der Waals surface area contributed by atoms with Gasteiger partial charge in [-0.3, -0.25) is 24.0 Å². The molecule has 0 aromatic heterocycles. The zero-order valence-corrected chi connectivity index (χ0v) is 27.5. The summed E-state index contributed by atoms with van der Waals surface area (Å²) in [4.78, 5) is 68.3. The third-order valence-electron chi connectivity index (χ3n) is 7.37. The maximum atomic E-state index is 13.8. The van der Waals surface area contributed by atoms with Gasteiger partial charge in [0.25, 0.3) is 0 Å². The van der Waals surface area contributed by atoms with E-state index in [1.807, 2.05) is 55.4 Å². The van der Waals surface area contributed by atoms with E-state index in [0.717, 1.165) is 0 Å². The highest BCUT2D eigenvalue weighted by Crippen LogP contribution is 2.15. The summed E-state index contributed by atoms with van der Waals surface area (Å²) in [5.41, 5.74) is 0.680. The van der Waals surface area contributed by atoms with Gasteiger partial charge in [0.2, 0.25) is 29.5 Å². The van der Waals surface area contributed by atoms with Crippen LogP contribution in [0.4, 0.5) is 0 Å². The van der Waals surface area contributed by atoms with Crippen LogP contribution in [0, 0.1) is 23.7 Å². The second-order valence-electron chi connectivity index (χ2n) is 13.7. The van der Waals surface area contributed by atoms with Crippen molar-refractivity contribution < 1.29 is 29.1 Å². The molecule has 0 spiro atoms. The second-order valence-corrected chi connectivity index (χ2v) is 13.7. The van der Waals surface area contributed by atoms with Gasteiger partial charge in [-0.15, -0.1) is 0 Å². The lowest BCUT2D eigenvalue weighted by molar-refractivity contribution is -0.134. The van der Waals surface area contributed by atoms with Crippen LogP contribution in [-0.4, -0.2) is 64.9 Å². The largest absolute Gasteiger partial charge is 0.508 e. The molecule has 1 aromatic rings. The molecule has 1 aliphatic rings. The molecule has 1 aliphatic heterocycles. The molecule has 1 saturated heterocycles. The maximum Gasteiger partial charge on any atom is 0.243 e. The molecule has 0 radical (unpaired) electrons. The predicted octanol–water partition coefficient (Wildman–Crippen LogP) is 2.56. The number of hydrogen-bond donors (Lipinski definition) is 6. The van der Waals surface area contributed by atoms with E-state index in [1.54, 1.807) is 12.1 Å². The van der Waals surface area contributed by atoms with Crippen molar-refractivity contribution in [1.29, 1.82) is 0 Å². The number of amides is 5. The first-order valence-electron chi connectivity index (χ1n) is 15.8. The van der Waals surface area contributed by atoms with E-state index >= 15 is 0 Å². The first-order chi connectivity index (χ1) is 20.5. The van der Waals surface area contributed by atoms with E-state index in [0.29, 0.717) is 31.2 Å². The van der Waals surface area contributed by atoms with Crippen LogP contribution in [0.15, 0.2) is 24.3 Å². The molecule has 0 bridgehead atoms. The summed E-state index contributed by atoms with van der Waals surface area (Å²) in [6.45, 7) is 15.4. The minimum atomic E-state index is -1.08. The standard InChI is InChI=1S/C33H53N5O6/c1-18(2)13-24-29(40)34-25(14-19(3)4)30(41)36-27(16-21(7)8)32(43)38-28(17-22-9-11-23(39)12-10-22)33(44)37-26(15-20(5)6)31(42)35-24/h9-12,18-21,24-28,39H,13-17H2,1-8H3,(H,34,40)(H,35,42)(H,36,41)(H,37,44)(H,38,43)/t24-,25-,26-,27-,28+/m0/s1. The van der Waals surface area contributed by atoms with Crippen molar-refractivity contribution in [3.63, 3.8) is 0 Å². The van der Waals surface area contributed by atoms with Gasteiger partial charge in [0, 0.05) is 6.42 Å². The number of phenols is 1. The number of carbonyl (C=O) groups excluding carboxylic acids is 5. The number of nitrogens with one attached hydrogen (secondary N) is 5. The number of benzene rings is 1. The lowest BCUT2D eigenvalue weighted by Crippen LogP contribution is -2.58. The van der Waals surface area contributed by atoms with Gasteiger partial charge in [0.05, 0.1) is 0 Å². The molecule has 0 aliphatic carbocycles. The number of hydrogen-bond acceptors (Lipinski definition) is 6. The molecule has 1 fully saturated rings. The molecule has 1 heterocycles. The summed E-state index contributed by atoms with van der Waals surface area (Å²) in [5.74, 6) is -2.40. The van der Waals surface area contributed by atoms with Gasteiger partial charge < -0.3 is 31.7 Å². The molecule has 6 N–H and O–H groups in total. The molecule has 0 unspecified atom stereocenters. The first-order valence-corrected chi connectivity index (χ1v) is 15.8. The van der Waals surface area contributed by atoms with Gasteiger partial charge in [0.1, 0.15) is 36.0 Å². The van der Waals surface area contributed by atoms with Crippen molar-refractivity contribution in [2.45, 2.75) is 118 Å². The fourth-order valence-corrected chi connectivity index (χ4v) is 5.25. The lowest BCUT2D eigenvalue weighted by Gasteiger charge is -2.27. The van der Waals surface area contributed by atoms with Gasteiger partial charge in [-0.05, 0) is 67.1 Å². The molecular formula is C33H53N5O6. The minimum Gasteiger partial charge on any atom is -0.508 e. The molecule has 11 heteroatoms. The fourth-order valence-electron chi connectivity index (χ4n) is 5.25. The number of rotatable bonds is 10. The Labute approximate surface area is 262 Å². The third-order valence-corrected chi connectivity index (χ3v) is 7.37. The third kappa shape index (κ3) is 12.2. The molecule has 11 nitrogen and oxygen atoms in total. The highest BCUT2D eigenvalue weighted by Gasteiger charge is 2.35. The van der Waals surface area contributed by atoms with Crippen LogP contribution in [0.5, 0.6) is 5.75 Å². The zero-order chi connectivity index (χ0) is 33.1. The van der Waals surface area contributed by atoms with Gasteiger partial charge >= 0.3 is 0 Å². The molecule has 5 amide bonds. The van der Waals surface area contributed by atoms with Gasteiger partial charge in [-0.2, -0.15) is 0 Å². The summed E-state index contributed by atoms with van der Waals surface area (Å²) < 4.78 is 0. The van der Waals surface area contributed by atoms with E-state index in [9.17, 15) is 29.1 Å². The Morgan fingerprint density at radius 3 is 1.00 bits per heavy atom. The van der Waals surface area contributed by atoms with Crippen molar-refractivity contribution in [3.8, 4) is 5.75 Å². The molecular weight excluding hydrogens is 562 g/mol. The van der Waals surface area contributed by atoms with E-state index in [2.05, 4.69) is 26.6 Å². The number of aromatic hydroxyl groups is 1. The fraction of sp³-hybridized carbons (Fsp3) is 0.667. The summed E-state index contributed by atoms with van der Waals surface area (Å²) in [6.07, 6.45) is 1.35. The second kappa shape index (κ2) is 17.0. The van der Waals surface area contributed by atoms with Gasteiger partial charge in [-0.1, -0.05) is 67.5 Å². The average Bonchev–Trinajstić information content (AvgIpc) is 2.90. The summed E-state index contributed by atoms with van der Waals surface area (Å²) >= 11 is 0. The molecule has 0 saturated carbocycles. The summed E-state index contributed by atoms with van der Waals surface area (Å²) in [6, 6.07) is 1.42. The monoisotopic (exact) mass is 615 g/mol. The highest BCUT2D eigenvalue weighted by molar-refractivity contribution is 5.98. The van der Waals surface area contributed by atoms with Crippen LogP contribution in [0.25, 0.3) is 0 Å². The van der Waals surface area contributed by atoms with Crippen molar-refractivity contribution >= 4 is 29.5 Å². The Balaban J connectivity index is 2.61. The Kier molecular flexibility index (Phi) is 14.1. The van der Waals surface area contributed by atoms with Gasteiger partial charge in [0.15, 0.2) is 0 Å². The van der Waals surface area contributed by atoms with Crippen LogP contribution in [0.2, 0.25) is 0 Å². The Hall–Kier alpha value is -3.63. The van der Waals surface area contributed by atoms with Crippen molar-refractivity contribution in [2.75, 3.05) is 0 Å². The molecule has 2 rings (SSSR count). The van der Waals surface area contributed by atoms with Gasteiger partial charge in [-0.25, -0.2) is 0 Å². The van der Waals surface area contributed by atoms with Crippen molar-refractivity contribution in [1.82, 2.24) is 26.6 Å². The molecule has 44 heavy (non-hydrogen) atoms. The summed E-state index contributed by atoms with van der Waals surface area (Å²) in [5, 5.41) is 23.9.